The molecule has 0 radical (unpaired) electrons. The second-order valence-electron chi connectivity index (χ2n) is 5.30. The molecule has 0 spiro atoms. The molecule has 1 rings (SSSR count). The Morgan fingerprint density at radius 3 is 2.36 bits per heavy atom. The fourth-order valence-electron chi connectivity index (χ4n) is 2.10. The third kappa shape index (κ3) is 5.33. The summed E-state index contributed by atoms with van der Waals surface area (Å²) in [6, 6.07) is 4.67. The van der Waals surface area contributed by atoms with Gasteiger partial charge in [0.2, 0.25) is 0 Å². The van der Waals surface area contributed by atoms with Crippen molar-refractivity contribution in [3.63, 3.8) is 0 Å². The lowest BCUT2D eigenvalue weighted by molar-refractivity contribution is -0.0887. The molecule has 1 aromatic carbocycles. The number of benzene rings is 1. The summed E-state index contributed by atoms with van der Waals surface area (Å²) in [6.07, 6.45) is -1.10. The minimum Gasteiger partial charge on any atom is -0.394 e. The van der Waals surface area contributed by atoms with E-state index in [1.807, 2.05) is 20.8 Å². The summed E-state index contributed by atoms with van der Waals surface area (Å²) >= 11 is 0. The Hall–Kier alpha value is -0.990. The summed E-state index contributed by atoms with van der Waals surface area (Å²) in [5.74, 6) is 0. The van der Waals surface area contributed by atoms with Gasteiger partial charge in [0, 0.05) is 5.56 Å². The second kappa shape index (κ2) is 8.03. The highest BCUT2D eigenvalue weighted by molar-refractivity contribution is 7.85. The van der Waals surface area contributed by atoms with Crippen LogP contribution in [0.4, 0.5) is 0 Å². The van der Waals surface area contributed by atoms with Gasteiger partial charge in [-0.15, -0.1) is 0 Å². The maximum atomic E-state index is 11.5. The van der Waals surface area contributed by atoms with Crippen LogP contribution < -0.4 is 0 Å². The maximum Gasteiger partial charge on any atom is 0.294 e. The van der Waals surface area contributed by atoms with Crippen LogP contribution in [0.1, 0.15) is 38.0 Å². The fourth-order valence-corrected chi connectivity index (χ4v) is 2.86. The summed E-state index contributed by atoms with van der Waals surface area (Å²) in [4.78, 5) is -0.151. The second-order valence-corrected chi connectivity index (χ2v) is 6.69. The van der Waals surface area contributed by atoms with Gasteiger partial charge in [-0.2, -0.15) is 8.42 Å². The fraction of sp³-hybridized carbons (Fsp3) is 0.600. The minimum atomic E-state index is -4.31. The zero-order chi connectivity index (χ0) is 16.9. The van der Waals surface area contributed by atoms with E-state index in [1.54, 1.807) is 19.1 Å². The number of aliphatic hydroxyl groups excluding tert-OH is 1. The molecule has 1 aromatic rings. The van der Waals surface area contributed by atoms with E-state index in [0.29, 0.717) is 5.56 Å². The van der Waals surface area contributed by atoms with Gasteiger partial charge in [0.05, 0.1) is 36.4 Å². The normalized spacial score (nSPS) is 16.3. The van der Waals surface area contributed by atoms with Gasteiger partial charge in [-0.25, -0.2) is 0 Å². The summed E-state index contributed by atoms with van der Waals surface area (Å²) in [5.41, 5.74) is 1.28. The SMILES string of the molecule is Cc1ccc(S(=O)(=O)O)c(C(C)O[C@H](C)[C@@H](C)OCCO)c1. The molecule has 7 heteroatoms. The summed E-state index contributed by atoms with van der Waals surface area (Å²) in [5, 5.41) is 8.75. The first-order chi connectivity index (χ1) is 10.2. The largest absolute Gasteiger partial charge is 0.394 e. The van der Waals surface area contributed by atoms with Gasteiger partial charge >= 0.3 is 0 Å². The van der Waals surface area contributed by atoms with E-state index in [1.165, 1.54) is 6.07 Å². The molecule has 0 saturated heterocycles. The van der Waals surface area contributed by atoms with Crippen molar-refractivity contribution in [1.29, 1.82) is 0 Å². The van der Waals surface area contributed by atoms with Gasteiger partial charge in [-0.05, 0) is 33.8 Å². The Labute approximate surface area is 131 Å². The van der Waals surface area contributed by atoms with Crippen LogP contribution in [0.5, 0.6) is 0 Å². The van der Waals surface area contributed by atoms with Gasteiger partial charge in [0.15, 0.2) is 0 Å². The van der Waals surface area contributed by atoms with Crippen LogP contribution in [0.15, 0.2) is 23.1 Å². The predicted molar refractivity (Wildman–Crippen MR) is 82.5 cm³/mol. The van der Waals surface area contributed by atoms with Crippen LogP contribution in [0, 0.1) is 6.92 Å². The lowest BCUT2D eigenvalue weighted by Crippen LogP contribution is -2.28. The molecule has 0 heterocycles. The van der Waals surface area contributed by atoms with E-state index in [-0.39, 0.29) is 30.3 Å². The van der Waals surface area contributed by atoms with E-state index in [2.05, 4.69) is 0 Å². The van der Waals surface area contributed by atoms with Gasteiger partial charge in [0.25, 0.3) is 10.1 Å². The Morgan fingerprint density at radius 1 is 1.18 bits per heavy atom. The first kappa shape index (κ1) is 19.1. The smallest absolute Gasteiger partial charge is 0.294 e. The third-order valence-corrected chi connectivity index (χ3v) is 4.36. The van der Waals surface area contributed by atoms with Crippen molar-refractivity contribution in [3.05, 3.63) is 29.3 Å². The van der Waals surface area contributed by atoms with Crippen molar-refractivity contribution in [3.8, 4) is 0 Å². The standard InChI is InChI=1S/C15H24O6S/c1-10-5-6-15(22(17,18)19)14(9-10)13(4)21-12(3)11(2)20-8-7-16/h5-6,9,11-13,16H,7-8H2,1-4H3,(H,17,18,19)/t11-,12-,13?/m1/s1. The lowest BCUT2D eigenvalue weighted by atomic mass is 10.1. The molecule has 22 heavy (non-hydrogen) atoms. The van der Waals surface area contributed by atoms with Crippen LogP contribution in [0.3, 0.4) is 0 Å². The molecule has 3 atom stereocenters. The van der Waals surface area contributed by atoms with E-state index < -0.39 is 16.2 Å². The summed E-state index contributed by atoms with van der Waals surface area (Å²) in [6.45, 7) is 7.31. The average molecular weight is 332 g/mol. The highest BCUT2D eigenvalue weighted by Gasteiger charge is 2.23. The number of rotatable bonds is 8. The van der Waals surface area contributed by atoms with Crippen LogP contribution in [0.2, 0.25) is 0 Å². The summed E-state index contributed by atoms with van der Waals surface area (Å²) in [7, 11) is -4.31. The molecule has 6 nitrogen and oxygen atoms in total. The molecule has 0 aliphatic carbocycles. The van der Waals surface area contributed by atoms with Crippen molar-refractivity contribution in [2.75, 3.05) is 13.2 Å². The van der Waals surface area contributed by atoms with Gasteiger partial charge in [-0.3, -0.25) is 4.55 Å². The molecular formula is C15H24O6S. The Balaban J connectivity index is 2.93. The Bertz CT molecular complexity index is 584. The number of hydrogen-bond donors (Lipinski definition) is 2. The van der Waals surface area contributed by atoms with Crippen LogP contribution in [-0.4, -0.2) is 43.5 Å². The number of hydrogen-bond acceptors (Lipinski definition) is 5. The van der Waals surface area contributed by atoms with Crippen LogP contribution >= 0.6 is 0 Å². The highest BCUT2D eigenvalue weighted by atomic mass is 32.2. The number of ether oxygens (including phenoxy) is 2. The Kier molecular flexibility index (Phi) is 6.96. The lowest BCUT2D eigenvalue weighted by Gasteiger charge is -2.25. The molecule has 0 saturated carbocycles. The quantitative estimate of drug-likeness (QED) is 0.708. The molecule has 0 fully saturated rings. The van der Waals surface area contributed by atoms with Crippen LogP contribution in [-0.2, 0) is 19.6 Å². The van der Waals surface area contributed by atoms with Crippen molar-refractivity contribution >= 4 is 10.1 Å². The molecule has 0 aliphatic heterocycles. The van der Waals surface area contributed by atoms with Crippen molar-refractivity contribution in [2.24, 2.45) is 0 Å². The molecule has 2 N–H and O–H groups in total. The first-order valence-electron chi connectivity index (χ1n) is 7.12. The first-order valence-corrected chi connectivity index (χ1v) is 8.56. The van der Waals surface area contributed by atoms with E-state index in [4.69, 9.17) is 14.6 Å². The molecule has 126 valence electrons. The zero-order valence-electron chi connectivity index (χ0n) is 13.3. The monoisotopic (exact) mass is 332 g/mol. The summed E-state index contributed by atoms with van der Waals surface area (Å²) < 4.78 is 43.5. The predicted octanol–water partition coefficient (Wildman–Crippen LogP) is 2.11. The molecule has 0 amide bonds. The number of aliphatic hydroxyl groups is 1. The third-order valence-electron chi connectivity index (χ3n) is 3.43. The molecule has 0 aromatic heterocycles. The van der Waals surface area contributed by atoms with Gasteiger partial charge < -0.3 is 14.6 Å². The van der Waals surface area contributed by atoms with Crippen LogP contribution in [0.25, 0.3) is 0 Å². The maximum absolute atomic E-state index is 11.5. The minimum absolute atomic E-state index is 0.0720. The molecular weight excluding hydrogens is 308 g/mol. The van der Waals surface area contributed by atoms with Gasteiger partial charge in [0.1, 0.15) is 0 Å². The van der Waals surface area contributed by atoms with Crippen molar-refractivity contribution in [1.82, 2.24) is 0 Å². The number of aryl methyl sites for hydroxylation is 1. The van der Waals surface area contributed by atoms with Gasteiger partial charge in [-0.1, -0.05) is 17.7 Å². The zero-order valence-corrected chi connectivity index (χ0v) is 14.1. The van der Waals surface area contributed by atoms with Crippen molar-refractivity contribution < 1.29 is 27.6 Å². The molecule has 0 bridgehead atoms. The van der Waals surface area contributed by atoms with E-state index >= 15 is 0 Å². The topological polar surface area (TPSA) is 93.1 Å². The molecule has 0 aliphatic rings. The molecule has 1 unspecified atom stereocenters. The average Bonchev–Trinajstić information content (AvgIpc) is 2.43. The Morgan fingerprint density at radius 2 is 1.82 bits per heavy atom. The van der Waals surface area contributed by atoms with Crippen molar-refractivity contribution in [2.45, 2.75) is 50.9 Å². The van der Waals surface area contributed by atoms with E-state index in [0.717, 1.165) is 5.56 Å². The van der Waals surface area contributed by atoms with E-state index in [9.17, 15) is 13.0 Å². The highest BCUT2D eigenvalue weighted by Crippen LogP contribution is 2.27.